The van der Waals surface area contributed by atoms with E-state index in [9.17, 15) is 4.79 Å². The number of H-pyrrole nitrogens is 1. The van der Waals surface area contributed by atoms with Gasteiger partial charge in [-0.25, -0.2) is 4.98 Å². The van der Waals surface area contributed by atoms with Crippen molar-refractivity contribution in [2.75, 3.05) is 37.5 Å². The fourth-order valence-electron chi connectivity index (χ4n) is 3.88. The molecule has 0 aliphatic rings. The molecule has 3 aromatic carbocycles. The summed E-state index contributed by atoms with van der Waals surface area (Å²) in [6.07, 6.45) is 3.28. The number of nitrogens with one attached hydrogen (secondary N) is 2. The Morgan fingerprint density at radius 3 is 2.27 bits per heavy atom. The summed E-state index contributed by atoms with van der Waals surface area (Å²) in [5, 5.41) is 3.08. The molecule has 7 heteroatoms. The lowest BCUT2D eigenvalue weighted by molar-refractivity contribution is 0.102. The molecule has 0 radical (unpaired) electrons. The van der Waals surface area contributed by atoms with Gasteiger partial charge in [0.05, 0.1) is 42.2 Å². The highest BCUT2D eigenvalue weighted by Gasteiger charge is 2.17. The molecular weight excluding hydrogens is 464 g/mol. The zero-order valence-corrected chi connectivity index (χ0v) is 21.9. The van der Waals surface area contributed by atoms with Crippen molar-refractivity contribution in [2.45, 2.75) is 13.8 Å². The number of carbonyl (C=O) groups is 1. The number of ether oxygens (including phenoxy) is 2. The lowest BCUT2D eigenvalue weighted by atomic mass is 10.1. The van der Waals surface area contributed by atoms with E-state index in [0.717, 1.165) is 46.8 Å². The highest BCUT2D eigenvalue weighted by atomic mass is 16.5. The van der Waals surface area contributed by atoms with Gasteiger partial charge in [-0.15, -0.1) is 0 Å². The van der Waals surface area contributed by atoms with Crippen LogP contribution in [-0.2, 0) is 0 Å². The maximum atomic E-state index is 13.0. The van der Waals surface area contributed by atoms with E-state index in [0.29, 0.717) is 17.1 Å². The first kappa shape index (κ1) is 27.1. The Kier molecular flexibility index (Phi) is 9.49. The van der Waals surface area contributed by atoms with E-state index in [-0.39, 0.29) is 5.91 Å². The molecule has 4 aromatic rings. The van der Waals surface area contributed by atoms with Gasteiger partial charge in [0.25, 0.3) is 5.91 Å². The average molecular weight is 499 g/mol. The molecule has 0 bridgehead atoms. The second-order valence-electron chi connectivity index (χ2n) is 8.00. The minimum atomic E-state index is -0.185. The van der Waals surface area contributed by atoms with Gasteiger partial charge in [-0.05, 0) is 62.4 Å². The van der Waals surface area contributed by atoms with Crippen molar-refractivity contribution in [3.8, 4) is 22.9 Å². The zero-order valence-electron chi connectivity index (χ0n) is 21.9. The van der Waals surface area contributed by atoms with Crippen LogP contribution in [0.25, 0.3) is 22.4 Å². The largest absolute Gasteiger partial charge is 0.497 e. The number of fused-ring (bicyclic) bond motifs is 1. The van der Waals surface area contributed by atoms with Gasteiger partial charge < -0.3 is 24.7 Å². The first-order valence-electron chi connectivity index (χ1n) is 12.1. The number of aromatic nitrogens is 2. The number of amides is 1. The number of aromatic amines is 1. The molecule has 2 N–H and O–H groups in total. The molecule has 192 valence electrons. The zero-order chi connectivity index (χ0) is 26.8. The number of allylic oxidation sites excluding steroid dienone is 2. The molecular formula is C30H34N4O3. The molecule has 0 aliphatic carbocycles. The molecule has 1 heterocycles. The second kappa shape index (κ2) is 13.0. The molecule has 0 fully saturated rings. The number of benzene rings is 3. The van der Waals surface area contributed by atoms with Gasteiger partial charge >= 0.3 is 0 Å². The standard InChI is InChI=1S/C26H28N4O3.C4H6/c1-5-30(6-2)23-16-21-20(27-25(28-21)19-9-7-8-10-24(19)33-4)15-22(23)29-26(31)17-11-13-18(32-3)14-12-17;1-3-4-2/h7-16H,5-6H2,1-4H3,(H,27,28)(H,29,31);3-4H,1-2H2. The Hall–Kier alpha value is -4.52. The van der Waals surface area contributed by atoms with Crippen molar-refractivity contribution >= 4 is 28.3 Å². The van der Waals surface area contributed by atoms with Crippen LogP contribution in [0, 0.1) is 0 Å². The third-order valence-electron chi connectivity index (χ3n) is 5.83. The van der Waals surface area contributed by atoms with Crippen molar-refractivity contribution in [1.29, 1.82) is 0 Å². The van der Waals surface area contributed by atoms with Gasteiger partial charge in [0.2, 0.25) is 0 Å². The van der Waals surface area contributed by atoms with Crippen LogP contribution in [0.3, 0.4) is 0 Å². The second-order valence-corrected chi connectivity index (χ2v) is 8.00. The van der Waals surface area contributed by atoms with E-state index in [1.165, 1.54) is 0 Å². The van der Waals surface area contributed by atoms with Crippen molar-refractivity contribution in [3.63, 3.8) is 0 Å². The molecule has 0 atom stereocenters. The SMILES string of the molecule is C=CC=C.CCN(CC)c1cc2nc(-c3ccccc3OC)[nH]c2cc1NC(=O)c1ccc(OC)cc1. The average Bonchev–Trinajstić information content (AvgIpc) is 3.36. The monoisotopic (exact) mass is 498 g/mol. The Morgan fingerprint density at radius 2 is 1.68 bits per heavy atom. The molecule has 0 saturated carbocycles. The number of carbonyl (C=O) groups excluding carboxylic acids is 1. The number of nitrogens with zero attached hydrogens (tertiary/aromatic N) is 2. The number of imidazole rings is 1. The Balaban J connectivity index is 0.000000886. The number of para-hydroxylation sites is 1. The third-order valence-corrected chi connectivity index (χ3v) is 5.83. The summed E-state index contributed by atoms with van der Waals surface area (Å²) in [7, 11) is 3.25. The molecule has 4 rings (SSSR count). The van der Waals surface area contributed by atoms with Gasteiger partial charge in [0.15, 0.2) is 0 Å². The summed E-state index contributed by atoms with van der Waals surface area (Å²) in [5.41, 5.74) is 4.73. The van der Waals surface area contributed by atoms with Crippen molar-refractivity contribution in [2.24, 2.45) is 0 Å². The van der Waals surface area contributed by atoms with Gasteiger partial charge in [0, 0.05) is 18.7 Å². The van der Waals surface area contributed by atoms with E-state index in [1.54, 1.807) is 50.6 Å². The van der Waals surface area contributed by atoms with E-state index in [2.05, 4.69) is 42.2 Å². The van der Waals surface area contributed by atoms with Crippen LogP contribution >= 0.6 is 0 Å². The van der Waals surface area contributed by atoms with Crippen LogP contribution in [0.15, 0.2) is 86.0 Å². The van der Waals surface area contributed by atoms with E-state index >= 15 is 0 Å². The van der Waals surface area contributed by atoms with E-state index in [1.807, 2.05) is 36.4 Å². The summed E-state index contributed by atoms with van der Waals surface area (Å²) >= 11 is 0. The van der Waals surface area contributed by atoms with E-state index < -0.39 is 0 Å². The van der Waals surface area contributed by atoms with Crippen molar-refractivity contribution in [3.05, 3.63) is 91.5 Å². The fraction of sp³-hybridized carbons (Fsp3) is 0.200. The van der Waals surface area contributed by atoms with E-state index in [4.69, 9.17) is 14.5 Å². The summed E-state index contributed by atoms with van der Waals surface area (Å²) < 4.78 is 10.7. The number of hydrogen-bond donors (Lipinski definition) is 2. The quantitative estimate of drug-likeness (QED) is 0.251. The number of anilines is 2. The Labute approximate surface area is 218 Å². The van der Waals surface area contributed by atoms with Crippen LogP contribution in [0.4, 0.5) is 11.4 Å². The van der Waals surface area contributed by atoms with Crippen molar-refractivity contribution < 1.29 is 14.3 Å². The van der Waals surface area contributed by atoms with Gasteiger partial charge in [0.1, 0.15) is 17.3 Å². The maximum Gasteiger partial charge on any atom is 0.255 e. The molecule has 0 unspecified atom stereocenters. The normalized spacial score (nSPS) is 10.2. The highest BCUT2D eigenvalue weighted by molar-refractivity contribution is 6.07. The highest BCUT2D eigenvalue weighted by Crippen LogP contribution is 2.34. The summed E-state index contributed by atoms with van der Waals surface area (Å²) in [6, 6.07) is 18.8. The molecule has 1 aromatic heterocycles. The minimum Gasteiger partial charge on any atom is -0.497 e. The lowest BCUT2D eigenvalue weighted by Crippen LogP contribution is -2.24. The van der Waals surface area contributed by atoms with Crippen LogP contribution in [-0.4, -0.2) is 43.2 Å². The van der Waals surface area contributed by atoms with Gasteiger partial charge in [-0.1, -0.05) is 37.4 Å². The predicted octanol–water partition coefficient (Wildman–Crippen LogP) is 6.70. The Morgan fingerprint density at radius 1 is 1.00 bits per heavy atom. The number of hydrogen-bond acceptors (Lipinski definition) is 5. The van der Waals surface area contributed by atoms with Gasteiger partial charge in [-0.2, -0.15) is 0 Å². The number of rotatable bonds is 9. The molecule has 0 aliphatic heterocycles. The van der Waals surface area contributed by atoms with Crippen LogP contribution in [0.2, 0.25) is 0 Å². The fourth-order valence-corrected chi connectivity index (χ4v) is 3.88. The minimum absolute atomic E-state index is 0.185. The predicted molar refractivity (Wildman–Crippen MR) is 153 cm³/mol. The number of methoxy groups -OCH3 is 2. The summed E-state index contributed by atoms with van der Waals surface area (Å²) in [6.45, 7) is 12.5. The molecule has 0 spiro atoms. The first-order valence-corrected chi connectivity index (χ1v) is 12.1. The maximum absolute atomic E-state index is 13.0. The van der Waals surface area contributed by atoms with Gasteiger partial charge in [-0.3, -0.25) is 4.79 Å². The summed E-state index contributed by atoms with van der Waals surface area (Å²) in [5.74, 6) is 1.98. The van der Waals surface area contributed by atoms with Crippen LogP contribution in [0.1, 0.15) is 24.2 Å². The third kappa shape index (κ3) is 6.38. The Bertz CT molecular complexity index is 1350. The molecule has 37 heavy (non-hydrogen) atoms. The molecule has 1 amide bonds. The first-order chi connectivity index (χ1) is 18.0. The lowest BCUT2D eigenvalue weighted by Gasteiger charge is -2.24. The van der Waals surface area contributed by atoms with Crippen molar-refractivity contribution in [1.82, 2.24) is 9.97 Å². The van der Waals surface area contributed by atoms with Crippen LogP contribution < -0.4 is 19.7 Å². The summed E-state index contributed by atoms with van der Waals surface area (Å²) in [4.78, 5) is 23.4. The molecule has 7 nitrogen and oxygen atoms in total. The molecule has 0 saturated heterocycles. The smallest absolute Gasteiger partial charge is 0.255 e. The van der Waals surface area contributed by atoms with Crippen LogP contribution in [0.5, 0.6) is 11.5 Å². The topological polar surface area (TPSA) is 79.5 Å².